The first kappa shape index (κ1) is 21.3. The van der Waals surface area contributed by atoms with Gasteiger partial charge < -0.3 is 15.5 Å². The van der Waals surface area contributed by atoms with Crippen molar-refractivity contribution in [3.63, 3.8) is 0 Å². The highest BCUT2D eigenvalue weighted by molar-refractivity contribution is 7.99. The molecule has 10 heteroatoms. The van der Waals surface area contributed by atoms with Gasteiger partial charge in [-0.05, 0) is 13.3 Å². The van der Waals surface area contributed by atoms with E-state index >= 15 is 0 Å². The monoisotopic (exact) mass is 405 g/mol. The fraction of sp³-hybridized carbons (Fsp3) is 0.875. The van der Waals surface area contributed by atoms with Crippen LogP contribution in [0.15, 0.2) is 4.99 Å². The van der Waals surface area contributed by atoms with E-state index in [4.69, 9.17) is 0 Å². The Morgan fingerprint density at radius 2 is 1.96 bits per heavy atom. The molecule has 1 unspecified atom stereocenters. The topological polar surface area (TPSA) is 94.1 Å². The number of nitrogens with one attached hydrogen (secondary N) is 2. The summed E-state index contributed by atoms with van der Waals surface area (Å²) in [5.74, 6) is 2.54. The molecule has 8 nitrogen and oxygen atoms in total. The summed E-state index contributed by atoms with van der Waals surface area (Å²) in [6.45, 7) is 7.39. The van der Waals surface area contributed by atoms with Crippen molar-refractivity contribution in [3.8, 4) is 0 Å². The molecule has 2 rings (SSSR count). The molecule has 0 aromatic heterocycles. The zero-order chi connectivity index (χ0) is 19.0. The van der Waals surface area contributed by atoms with Crippen molar-refractivity contribution in [2.24, 2.45) is 4.99 Å². The lowest BCUT2D eigenvalue weighted by atomic mass is 10.3. The Kier molecular flexibility index (Phi) is 8.49. The standard InChI is InChI=1S/C16H31N5O3S2/c1-3-15(22)20-7-5-14(13-20)19-16(17-4-2)18-6-12-26(23,24)21-8-10-25-11-9-21/h14H,3-13H2,1-2H3,(H2,17,18,19). The van der Waals surface area contributed by atoms with Gasteiger partial charge in [0.15, 0.2) is 5.96 Å². The van der Waals surface area contributed by atoms with Gasteiger partial charge in [0.1, 0.15) is 0 Å². The predicted octanol–water partition coefficient (Wildman–Crippen LogP) is -0.0690. The number of guanidine groups is 1. The van der Waals surface area contributed by atoms with Gasteiger partial charge in [0.25, 0.3) is 0 Å². The van der Waals surface area contributed by atoms with E-state index in [1.54, 1.807) is 16.1 Å². The molecule has 2 N–H and O–H groups in total. The van der Waals surface area contributed by atoms with Crippen molar-refractivity contribution in [2.75, 3.05) is 56.5 Å². The smallest absolute Gasteiger partial charge is 0.222 e. The molecular weight excluding hydrogens is 374 g/mol. The molecule has 0 aromatic carbocycles. The molecule has 2 saturated heterocycles. The van der Waals surface area contributed by atoms with Crippen LogP contribution in [0.4, 0.5) is 0 Å². The minimum atomic E-state index is -3.24. The quantitative estimate of drug-likeness (QED) is 0.455. The Morgan fingerprint density at radius 1 is 1.23 bits per heavy atom. The molecular formula is C16H31N5O3S2. The number of amides is 1. The second kappa shape index (κ2) is 10.4. The number of sulfonamides is 1. The molecule has 0 spiro atoms. The number of carbonyl (C=O) groups excluding carboxylic acids is 1. The molecule has 0 bridgehead atoms. The number of aliphatic imine (C=N–C) groups is 1. The Morgan fingerprint density at radius 3 is 2.62 bits per heavy atom. The number of hydrogen-bond donors (Lipinski definition) is 2. The van der Waals surface area contributed by atoms with Gasteiger partial charge in [-0.2, -0.15) is 11.8 Å². The van der Waals surface area contributed by atoms with E-state index < -0.39 is 10.0 Å². The number of likely N-dealkylation sites (tertiary alicyclic amines) is 1. The highest BCUT2D eigenvalue weighted by Gasteiger charge is 2.26. The third-order valence-electron chi connectivity index (χ3n) is 4.51. The van der Waals surface area contributed by atoms with Crippen molar-refractivity contribution in [3.05, 3.63) is 0 Å². The van der Waals surface area contributed by atoms with Crippen molar-refractivity contribution < 1.29 is 13.2 Å². The number of rotatable bonds is 7. The highest BCUT2D eigenvalue weighted by Crippen LogP contribution is 2.13. The van der Waals surface area contributed by atoms with E-state index in [1.165, 1.54) is 0 Å². The van der Waals surface area contributed by atoms with Crippen LogP contribution in [0.2, 0.25) is 0 Å². The maximum absolute atomic E-state index is 12.4. The largest absolute Gasteiger partial charge is 0.357 e. The van der Waals surface area contributed by atoms with Crippen LogP contribution in [-0.2, 0) is 14.8 Å². The molecule has 2 aliphatic heterocycles. The summed E-state index contributed by atoms with van der Waals surface area (Å²) in [5, 5.41) is 6.48. The summed E-state index contributed by atoms with van der Waals surface area (Å²) in [5.41, 5.74) is 0. The van der Waals surface area contributed by atoms with Gasteiger partial charge in [0.2, 0.25) is 15.9 Å². The maximum Gasteiger partial charge on any atom is 0.222 e. The van der Waals surface area contributed by atoms with Crippen LogP contribution in [-0.4, -0.2) is 92.1 Å². The zero-order valence-corrected chi connectivity index (χ0v) is 17.4. The van der Waals surface area contributed by atoms with Gasteiger partial charge in [0.05, 0.1) is 12.3 Å². The lowest BCUT2D eigenvalue weighted by Crippen LogP contribution is -2.45. The van der Waals surface area contributed by atoms with Crippen molar-refractivity contribution in [1.82, 2.24) is 19.8 Å². The lowest BCUT2D eigenvalue weighted by molar-refractivity contribution is -0.129. The molecule has 2 aliphatic rings. The third-order valence-corrected chi connectivity index (χ3v) is 7.30. The first-order valence-corrected chi connectivity index (χ1v) is 12.1. The lowest BCUT2D eigenvalue weighted by Gasteiger charge is -2.25. The maximum atomic E-state index is 12.4. The zero-order valence-electron chi connectivity index (χ0n) is 15.7. The molecule has 1 amide bonds. The fourth-order valence-corrected chi connectivity index (χ4v) is 5.52. The van der Waals surface area contributed by atoms with Crippen LogP contribution in [0.25, 0.3) is 0 Å². The Labute approximate surface area is 161 Å². The van der Waals surface area contributed by atoms with Crippen LogP contribution in [0.3, 0.4) is 0 Å². The molecule has 0 aromatic rings. The first-order chi connectivity index (χ1) is 12.5. The van der Waals surface area contributed by atoms with Gasteiger partial charge in [-0.25, -0.2) is 12.7 Å². The van der Waals surface area contributed by atoms with Gasteiger partial charge in [0, 0.05) is 56.7 Å². The van der Waals surface area contributed by atoms with Gasteiger partial charge in [-0.1, -0.05) is 6.92 Å². The average molecular weight is 406 g/mol. The van der Waals surface area contributed by atoms with E-state index in [0.717, 1.165) is 24.5 Å². The Hall–Kier alpha value is -1.00. The molecule has 1 atom stereocenters. The van der Waals surface area contributed by atoms with Gasteiger partial charge >= 0.3 is 0 Å². The Bertz CT molecular complexity index is 591. The minimum Gasteiger partial charge on any atom is -0.357 e. The van der Waals surface area contributed by atoms with Crippen LogP contribution in [0, 0.1) is 0 Å². The summed E-state index contributed by atoms with van der Waals surface area (Å²) >= 11 is 1.79. The first-order valence-electron chi connectivity index (χ1n) is 9.34. The van der Waals surface area contributed by atoms with E-state index in [-0.39, 0.29) is 24.2 Å². The van der Waals surface area contributed by atoms with E-state index in [1.807, 2.05) is 18.7 Å². The summed E-state index contributed by atoms with van der Waals surface area (Å²) < 4.78 is 26.3. The van der Waals surface area contributed by atoms with E-state index in [2.05, 4.69) is 15.6 Å². The number of carbonyl (C=O) groups is 1. The summed E-state index contributed by atoms with van der Waals surface area (Å²) in [6, 6.07) is 0.152. The van der Waals surface area contributed by atoms with Gasteiger partial charge in [-0.3, -0.25) is 9.79 Å². The van der Waals surface area contributed by atoms with Crippen molar-refractivity contribution in [2.45, 2.75) is 32.7 Å². The summed E-state index contributed by atoms with van der Waals surface area (Å²) in [7, 11) is -3.24. The Balaban J connectivity index is 1.85. The van der Waals surface area contributed by atoms with Crippen molar-refractivity contribution >= 4 is 33.7 Å². The second-order valence-corrected chi connectivity index (χ2v) is 9.72. The minimum absolute atomic E-state index is 0.0271. The molecule has 0 aliphatic carbocycles. The second-order valence-electron chi connectivity index (χ2n) is 6.41. The normalized spacial score (nSPS) is 22.5. The molecule has 150 valence electrons. The molecule has 0 saturated carbocycles. The highest BCUT2D eigenvalue weighted by atomic mass is 32.2. The van der Waals surface area contributed by atoms with E-state index in [0.29, 0.717) is 38.6 Å². The third kappa shape index (κ3) is 6.31. The number of nitrogens with zero attached hydrogens (tertiary/aromatic N) is 3. The average Bonchev–Trinajstić information content (AvgIpc) is 3.10. The van der Waals surface area contributed by atoms with E-state index in [9.17, 15) is 13.2 Å². The number of hydrogen-bond acceptors (Lipinski definition) is 5. The summed E-state index contributed by atoms with van der Waals surface area (Å²) in [4.78, 5) is 18.1. The SMILES string of the molecule is CCNC(=NCCS(=O)(=O)N1CCSCC1)NC1CCN(C(=O)CC)C1. The van der Waals surface area contributed by atoms with Crippen LogP contribution < -0.4 is 10.6 Å². The molecule has 0 radical (unpaired) electrons. The molecule has 2 heterocycles. The van der Waals surface area contributed by atoms with Gasteiger partial charge in [-0.15, -0.1) is 0 Å². The predicted molar refractivity (Wildman–Crippen MR) is 107 cm³/mol. The molecule has 2 fully saturated rings. The van der Waals surface area contributed by atoms with Crippen LogP contribution in [0.5, 0.6) is 0 Å². The van der Waals surface area contributed by atoms with Crippen LogP contribution >= 0.6 is 11.8 Å². The molecule has 26 heavy (non-hydrogen) atoms. The van der Waals surface area contributed by atoms with Crippen LogP contribution in [0.1, 0.15) is 26.7 Å². The van der Waals surface area contributed by atoms with Crippen molar-refractivity contribution in [1.29, 1.82) is 0 Å². The fourth-order valence-electron chi connectivity index (χ4n) is 3.07. The summed E-state index contributed by atoms with van der Waals surface area (Å²) in [6.07, 6.45) is 1.40. The number of thioether (sulfide) groups is 1.